The molecule has 1 aliphatic rings. The van der Waals surface area contributed by atoms with Crippen LogP contribution in [0.2, 0.25) is 0 Å². The second-order valence-electron chi connectivity index (χ2n) is 10.8. The maximum Gasteiger partial charge on any atom is 0.248 e. The first-order valence-corrected chi connectivity index (χ1v) is 17.2. The number of nitrogens with two attached hydrogens (primary N) is 1. The molecule has 4 aromatic carbocycles. The number of nitrogens with one attached hydrogen (secondary N) is 1. The van der Waals surface area contributed by atoms with E-state index >= 15 is 0 Å². The molecule has 1 saturated heterocycles. The van der Waals surface area contributed by atoms with Crippen molar-refractivity contribution in [1.82, 2.24) is 5.32 Å². The fourth-order valence-corrected chi connectivity index (χ4v) is 7.38. The Kier molecular flexibility index (Phi) is 11.6. The van der Waals surface area contributed by atoms with Gasteiger partial charge in [-0.3, -0.25) is 19.3 Å². The maximum atomic E-state index is 13.9. The number of benzene rings is 4. The number of thioether (sulfide) groups is 1. The predicted octanol–water partition coefficient (Wildman–Crippen LogP) is 6.27. The minimum Gasteiger partial charge on any atom is -0.493 e. The van der Waals surface area contributed by atoms with E-state index in [4.69, 9.17) is 19.9 Å². The molecule has 0 aromatic heterocycles. The topological polar surface area (TPSA) is 120 Å². The second kappa shape index (κ2) is 16.1. The van der Waals surface area contributed by atoms with Gasteiger partial charge in [0.15, 0.2) is 11.5 Å². The fraction of sp³-hybridized carbons (Fsp3) is 0.250. The SMILES string of the molecule is CCOc1cc(CCNC(=O)C[C@H]2S[C@@H](c3ccc(OCc4ccccc4)cc3)N(c3cccc(C(N)=O)c3)C2=O)c(I)cc1OC. The molecular formula is C36H36IN3O6S. The summed E-state index contributed by atoms with van der Waals surface area (Å²) in [5, 5.41) is 1.92. The summed E-state index contributed by atoms with van der Waals surface area (Å²) in [7, 11) is 1.60. The van der Waals surface area contributed by atoms with Crippen molar-refractivity contribution in [2.45, 2.75) is 37.0 Å². The fourth-order valence-electron chi connectivity index (χ4n) is 5.22. The number of hydrogen-bond acceptors (Lipinski definition) is 7. The van der Waals surface area contributed by atoms with E-state index in [1.807, 2.05) is 73.7 Å². The largest absolute Gasteiger partial charge is 0.493 e. The van der Waals surface area contributed by atoms with Crippen LogP contribution in [-0.4, -0.2) is 43.2 Å². The van der Waals surface area contributed by atoms with Crippen molar-refractivity contribution in [3.05, 3.63) is 117 Å². The van der Waals surface area contributed by atoms with Gasteiger partial charge in [-0.1, -0.05) is 48.5 Å². The van der Waals surface area contributed by atoms with E-state index < -0.39 is 16.5 Å². The van der Waals surface area contributed by atoms with Gasteiger partial charge in [0.2, 0.25) is 17.7 Å². The Bertz CT molecular complexity index is 1720. The van der Waals surface area contributed by atoms with Crippen LogP contribution in [0.15, 0.2) is 91.0 Å². The van der Waals surface area contributed by atoms with Crippen LogP contribution in [0.5, 0.6) is 17.2 Å². The zero-order valence-corrected chi connectivity index (χ0v) is 29.1. The molecule has 0 unspecified atom stereocenters. The first kappa shape index (κ1) is 34.1. The summed E-state index contributed by atoms with van der Waals surface area (Å²) >= 11 is 3.65. The molecule has 244 valence electrons. The monoisotopic (exact) mass is 765 g/mol. The summed E-state index contributed by atoms with van der Waals surface area (Å²) in [6, 6.07) is 28.0. The molecule has 47 heavy (non-hydrogen) atoms. The number of carbonyl (C=O) groups is 3. The molecule has 0 bridgehead atoms. The van der Waals surface area contributed by atoms with Gasteiger partial charge in [-0.2, -0.15) is 0 Å². The standard InChI is InChI=1S/C36H36IN3O6S/c1-3-45-31-19-25(29(37)20-30(31)44-2)16-17-39-33(41)21-32-35(43)40(27-11-7-10-26(18-27)34(38)42)36(47-32)24-12-14-28(15-13-24)46-22-23-8-5-4-6-9-23/h4-15,18-20,32,36H,3,16-17,21-22H2,1-2H3,(H2,38,42)(H,39,41)/t32-,36+/m1/s1. The molecule has 0 spiro atoms. The number of rotatable bonds is 14. The molecule has 4 aromatic rings. The van der Waals surface area contributed by atoms with Crippen LogP contribution in [-0.2, 0) is 22.6 Å². The van der Waals surface area contributed by atoms with E-state index in [1.54, 1.807) is 36.3 Å². The third-order valence-electron chi connectivity index (χ3n) is 7.58. The van der Waals surface area contributed by atoms with E-state index in [1.165, 1.54) is 11.8 Å². The normalized spacial score (nSPS) is 15.7. The molecule has 1 fully saturated rings. The quantitative estimate of drug-likeness (QED) is 0.145. The van der Waals surface area contributed by atoms with Gasteiger partial charge in [0.1, 0.15) is 17.7 Å². The molecule has 9 nitrogen and oxygen atoms in total. The van der Waals surface area contributed by atoms with E-state index in [-0.39, 0.29) is 18.2 Å². The van der Waals surface area contributed by atoms with Crippen LogP contribution in [0.25, 0.3) is 0 Å². The summed E-state index contributed by atoms with van der Waals surface area (Å²) in [5.74, 6) is 0.999. The number of halogens is 1. The van der Waals surface area contributed by atoms with E-state index in [0.717, 1.165) is 20.3 Å². The summed E-state index contributed by atoms with van der Waals surface area (Å²) < 4.78 is 18.1. The first-order valence-electron chi connectivity index (χ1n) is 15.2. The van der Waals surface area contributed by atoms with Crippen LogP contribution >= 0.6 is 34.4 Å². The second-order valence-corrected chi connectivity index (χ2v) is 13.2. The summed E-state index contributed by atoms with van der Waals surface area (Å²) in [6.45, 7) is 3.26. The number of methoxy groups -OCH3 is 1. The molecular weight excluding hydrogens is 729 g/mol. The number of nitrogens with zero attached hydrogens (tertiary/aromatic N) is 1. The van der Waals surface area contributed by atoms with Crippen molar-refractivity contribution in [3.8, 4) is 17.2 Å². The molecule has 0 saturated carbocycles. The Balaban J connectivity index is 1.28. The van der Waals surface area contributed by atoms with Gasteiger partial charge in [0, 0.05) is 27.8 Å². The first-order chi connectivity index (χ1) is 22.8. The highest BCUT2D eigenvalue weighted by molar-refractivity contribution is 14.1. The van der Waals surface area contributed by atoms with Crippen molar-refractivity contribution in [2.75, 3.05) is 25.2 Å². The molecule has 11 heteroatoms. The van der Waals surface area contributed by atoms with Crippen LogP contribution < -0.4 is 30.2 Å². The van der Waals surface area contributed by atoms with Gasteiger partial charge in [-0.05, 0) is 95.1 Å². The van der Waals surface area contributed by atoms with E-state index in [9.17, 15) is 14.4 Å². The summed E-state index contributed by atoms with van der Waals surface area (Å²) in [6.07, 6.45) is 0.599. The minimum absolute atomic E-state index is 0.00812. The number of amides is 3. The molecule has 3 N–H and O–H groups in total. The van der Waals surface area contributed by atoms with Gasteiger partial charge in [0.05, 0.1) is 19.0 Å². The lowest BCUT2D eigenvalue weighted by Gasteiger charge is -2.25. The number of ether oxygens (including phenoxy) is 3. The number of anilines is 1. The van der Waals surface area contributed by atoms with Crippen LogP contribution in [0.1, 0.15) is 45.8 Å². The molecule has 3 amide bonds. The smallest absolute Gasteiger partial charge is 0.248 e. The third-order valence-corrected chi connectivity index (χ3v) is 10.0. The number of primary amides is 1. The lowest BCUT2D eigenvalue weighted by molar-refractivity contribution is -0.124. The molecule has 0 radical (unpaired) electrons. The Morgan fingerprint density at radius 3 is 2.43 bits per heavy atom. The van der Waals surface area contributed by atoms with Crippen molar-refractivity contribution in [2.24, 2.45) is 5.73 Å². The average molecular weight is 766 g/mol. The van der Waals surface area contributed by atoms with E-state index in [2.05, 4.69) is 27.9 Å². The average Bonchev–Trinajstić information content (AvgIpc) is 3.40. The predicted molar refractivity (Wildman–Crippen MR) is 192 cm³/mol. The van der Waals surface area contributed by atoms with Crippen LogP contribution in [0.3, 0.4) is 0 Å². The van der Waals surface area contributed by atoms with Gasteiger partial charge in [-0.25, -0.2) is 0 Å². The van der Waals surface area contributed by atoms with Crippen molar-refractivity contribution in [1.29, 1.82) is 0 Å². The minimum atomic E-state index is -0.628. The molecule has 5 rings (SSSR count). The molecule has 1 heterocycles. The molecule has 1 aliphatic heterocycles. The van der Waals surface area contributed by atoms with Crippen molar-refractivity contribution < 1.29 is 28.6 Å². The van der Waals surface area contributed by atoms with Crippen molar-refractivity contribution in [3.63, 3.8) is 0 Å². The van der Waals surface area contributed by atoms with Gasteiger partial charge in [-0.15, -0.1) is 11.8 Å². The highest BCUT2D eigenvalue weighted by atomic mass is 127. The molecule has 0 aliphatic carbocycles. The Labute approximate surface area is 292 Å². The van der Waals surface area contributed by atoms with Gasteiger partial charge < -0.3 is 25.3 Å². The lowest BCUT2D eigenvalue weighted by Crippen LogP contribution is -2.34. The summed E-state index contributed by atoms with van der Waals surface area (Å²) in [5.41, 5.74) is 9.33. The zero-order valence-electron chi connectivity index (χ0n) is 26.1. The third kappa shape index (κ3) is 8.58. The Morgan fingerprint density at radius 2 is 1.72 bits per heavy atom. The highest BCUT2D eigenvalue weighted by Crippen LogP contribution is 2.47. The van der Waals surface area contributed by atoms with E-state index in [0.29, 0.717) is 54.7 Å². The maximum absolute atomic E-state index is 13.9. The summed E-state index contributed by atoms with van der Waals surface area (Å²) in [4.78, 5) is 40.6. The van der Waals surface area contributed by atoms with Crippen LogP contribution in [0.4, 0.5) is 5.69 Å². The van der Waals surface area contributed by atoms with Crippen LogP contribution in [0, 0.1) is 3.57 Å². The van der Waals surface area contributed by atoms with Crippen molar-refractivity contribution >= 4 is 57.8 Å². The number of carbonyl (C=O) groups excluding carboxylic acids is 3. The zero-order chi connectivity index (χ0) is 33.3. The number of hydrogen-bond donors (Lipinski definition) is 2. The van der Waals surface area contributed by atoms with Gasteiger partial charge >= 0.3 is 0 Å². The highest BCUT2D eigenvalue weighted by Gasteiger charge is 2.43. The Morgan fingerprint density at radius 1 is 0.957 bits per heavy atom. The van der Waals surface area contributed by atoms with Gasteiger partial charge in [0.25, 0.3) is 0 Å². The molecule has 2 atom stereocenters. The lowest BCUT2D eigenvalue weighted by atomic mass is 10.1. The Hall–Kier alpha value is -4.23.